The number of hydrogen-bond donors (Lipinski definition) is 1. The third kappa shape index (κ3) is 4.99. The fraction of sp³-hybridized carbons (Fsp3) is 0.269. The zero-order valence-corrected chi connectivity index (χ0v) is 19.6. The van der Waals surface area contributed by atoms with Crippen molar-refractivity contribution in [3.8, 4) is 5.75 Å². The Hall–Kier alpha value is -3.58. The molecule has 0 bridgehead atoms. The molecule has 0 saturated carbocycles. The van der Waals surface area contributed by atoms with Crippen LogP contribution in [0.2, 0.25) is 5.02 Å². The van der Waals surface area contributed by atoms with Gasteiger partial charge in [0.05, 0.1) is 24.5 Å². The molecule has 34 heavy (non-hydrogen) atoms. The molecule has 0 radical (unpaired) electrons. The lowest BCUT2D eigenvalue weighted by Gasteiger charge is -2.25. The van der Waals surface area contributed by atoms with E-state index in [9.17, 15) is 14.7 Å². The summed E-state index contributed by atoms with van der Waals surface area (Å²) in [5.74, 6) is -0.840. The number of aliphatic hydroxyl groups excluding tert-OH is 1. The van der Waals surface area contributed by atoms with Crippen molar-refractivity contribution in [2.75, 3.05) is 13.2 Å². The van der Waals surface area contributed by atoms with Gasteiger partial charge in [-0.3, -0.25) is 9.59 Å². The molecule has 1 aromatic heterocycles. The average Bonchev–Trinajstić information content (AvgIpc) is 3.45. The zero-order chi connectivity index (χ0) is 24.1. The molecule has 1 atom stereocenters. The molecule has 0 aliphatic carbocycles. The van der Waals surface area contributed by atoms with Gasteiger partial charge in [-0.2, -0.15) is 0 Å². The first-order chi connectivity index (χ1) is 16.5. The van der Waals surface area contributed by atoms with Gasteiger partial charge in [0.25, 0.3) is 11.7 Å². The summed E-state index contributed by atoms with van der Waals surface area (Å²) in [7, 11) is 0. The number of Topliss-reactive ketones (excluding diaryl/α,β-unsaturated/α-hetero) is 1. The number of aromatic nitrogens is 2. The number of ketones is 1. The molecule has 176 valence electrons. The summed E-state index contributed by atoms with van der Waals surface area (Å²) in [6, 6.07) is 13.1. The van der Waals surface area contributed by atoms with Gasteiger partial charge in [-0.25, -0.2) is 4.98 Å². The number of likely N-dealkylation sites (tertiary alicyclic amines) is 1. The van der Waals surface area contributed by atoms with E-state index in [1.165, 1.54) is 4.90 Å². The number of amides is 1. The normalized spacial score (nSPS) is 17.4. The topological polar surface area (TPSA) is 84.7 Å². The smallest absolute Gasteiger partial charge is 0.295 e. The number of rotatable bonds is 9. The monoisotopic (exact) mass is 479 g/mol. The molecule has 0 unspecified atom stereocenters. The van der Waals surface area contributed by atoms with E-state index in [-0.39, 0.29) is 11.3 Å². The van der Waals surface area contributed by atoms with Crippen LogP contribution in [0, 0.1) is 0 Å². The van der Waals surface area contributed by atoms with E-state index in [1.54, 1.807) is 36.8 Å². The summed E-state index contributed by atoms with van der Waals surface area (Å²) < 4.78 is 7.59. The second-order valence-corrected chi connectivity index (χ2v) is 8.51. The van der Waals surface area contributed by atoms with Gasteiger partial charge < -0.3 is 19.3 Å². The Morgan fingerprint density at radius 1 is 1.09 bits per heavy atom. The molecule has 1 fully saturated rings. The molecular formula is C26H26ClN3O4. The molecular weight excluding hydrogens is 454 g/mol. The minimum Gasteiger partial charge on any atom is -0.507 e. The van der Waals surface area contributed by atoms with E-state index in [2.05, 4.69) is 4.98 Å². The Labute approximate surface area is 203 Å². The average molecular weight is 480 g/mol. The fourth-order valence-electron chi connectivity index (χ4n) is 4.03. The maximum atomic E-state index is 13.1. The molecule has 8 heteroatoms. The van der Waals surface area contributed by atoms with Gasteiger partial charge in [-0.15, -0.1) is 0 Å². The van der Waals surface area contributed by atoms with Gasteiger partial charge >= 0.3 is 0 Å². The summed E-state index contributed by atoms with van der Waals surface area (Å²) in [5.41, 5.74) is 1.21. The van der Waals surface area contributed by atoms with Gasteiger partial charge in [0.2, 0.25) is 0 Å². The quantitative estimate of drug-likeness (QED) is 0.270. The molecule has 1 saturated heterocycles. The summed E-state index contributed by atoms with van der Waals surface area (Å²) in [6.07, 6.45) is 6.77. The van der Waals surface area contributed by atoms with Crippen LogP contribution in [0.5, 0.6) is 5.75 Å². The molecule has 3 aromatic rings. The Morgan fingerprint density at radius 3 is 2.47 bits per heavy atom. The molecule has 4 rings (SSSR count). The third-order valence-corrected chi connectivity index (χ3v) is 5.95. The Bertz CT molecular complexity index is 1170. The van der Waals surface area contributed by atoms with Crippen LogP contribution in [-0.4, -0.2) is 44.4 Å². The van der Waals surface area contributed by atoms with Gasteiger partial charge in [0, 0.05) is 36.1 Å². The minimum absolute atomic E-state index is 0.0668. The van der Waals surface area contributed by atoms with Crippen molar-refractivity contribution in [3.05, 3.63) is 89.0 Å². The maximum absolute atomic E-state index is 13.1. The lowest BCUT2D eigenvalue weighted by Crippen LogP contribution is -2.31. The number of hydrogen-bond acceptors (Lipinski definition) is 5. The first-order valence-corrected chi connectivity index (χ1v) is 11.6. The largest absolute Gasteiger partial charge is 0.507 e. The minimum atomic E-state index is -0.710. The van der Waals surface area contributed by atoms with Crippen LogP contribution in [-0.2, 0) is 16.1 Å². The standard InChI is InChI=1S/C26H26ClN3O4/c1-2-16-34-21-10-6-18(7-11-21)23-22(24(31)19-4-8-20(27)9-5-19)25(32)26(33)30(23)14-3-13-29-15-12-28-17-29/h4-12,15,17,23,31H,2-3,13-14,16H2,1H3/t23-/m0/s1. The molecule has 0 spiro atoms. The van der Waals surface area contributed by atoms with Gasteiger partial charge in [0.1, 0.15) is 11.5 Å². The molecule has 2 aromatic carbocycles. The van der Waals surface area contributed by atoms with Gasteiger partial charge in [-0.05, 0) is 54.8 Å². The summed E-state index contributed by atoms with van der Waals surface area (Å²) in [4.78, 5) is 31.7. The Balaban J connectivity index is 1.69. The highest BCUT2D eigenvalue weighted by atomic mass is 35.5. The molecule has 2 heterocycles. The van der Waals surface area contributed by atoms with Crippen molar-refractivity contribution < 1.29 is 19.4 Å². The van der Waals surface area contributed by atoms with Crippen molar-refractivity contribution in [1.29, 1.82) is 0 Å². The van der Waals surface area contributed by atoms with E-state index in [4.69, 9.17) is 16.3 Å². The summed E-state index contributed by atoms with van der Waals surface area (Å²) in [6.45, 7) is 3.63. The number of aliphatic hydroxyl groups is 1. The summed E-state index contributed by atoms with van der Waals surface area (Å²) >= 11 is 5.98. The molecule has 1 aliphatic rings. The van der Waals surface area contributed by atoms with Crippen LogP contribution in [0.1, 0.15) is 36.9 Å². The van der Waals surface area contributed by atoms with Crippen LogP contribution in [0.15, 0.2) is 72.8 Å². The van der Waals surface area contributed by atoms with Crippen molar-refractivity contribution in [2.24, 2.45) is 0 Å². The lowest BCUT2D eigenvalue weighted by molar-refractivity contribution is -0.139. The first kappa shape index (κ1) is 23.6. The number of carbonyl (C=O) groups is 2. The van der Waals surface area contributed by atoms with E-state index < -0.39 is 17.7 Å². The van der Waals surface area contributed by atoms with E-state index in [1.807, 2.05) is 42.0 Å². The van der Waals surface area contributed by atoms with Gasteiger partial charge in [0.15, 0.2) is 0 Å². The van der Waals surface area contributed by atoms with Crippen molar-refractivity contribution >= 4 is 29.1 Å². The van der Waals surface area contributed by atoms with Gasteiger partial charge in [-0.1, -0.05) is 30.7 Å². The fourth-order valence-corrected chi connectivity index (χ4v) is 4.16. The molecule has 1 aliphatic heterocycles. The molecule has 1 N–H and O–H groups in total. The van der Waals surface area contributed by atoms with E-state index in [0.29, 0.717) is 42.5 Å². The number of ether oxygens (including phenoxy) is 1. The van der Waals surface area contributed by atoms with Crippen molar-refractivity contribution in [2.45, 2.75) is 32.4 Å². The van der Waals surface area contributed by atoms with Crippen molar-refractivity contribution in [3.63, 3.8) is 0 Å². The van der Waals surface area contributed by atoms with Crippen LogP contribution < -0.4 is 4.74 Å². The van der Waals surface area contributed by atoms with Crippen LogP contribution >= 0.6 is 11.6 Å². The number of aryl methyl sites for hydroxylation is 1. The lowest BCUT2D eigenvalue weighted by atomic mass is 9.95. The summed E-state index contributed by atoms with van der Waals surface area (Å²) in [5, 5.41) is 11.6. The highest BCUT2D eigenvalue weighted by molar-refractivity contribution is 6.46. The highest BCUT2D eigenvalue weighted by Crippen LogP contribution is 2.40. The van der Waals surface area contributed by atoms with E-state index in [0.717, 1.165) is 12.0 Å². The number of halogens is 1. The number of imidazole rings is 1. The number of carbonyl (C=O) groups excluding carboxylic acids is 2. The first-order valence-electron chi connectivity index (χ1n) is 11.2. The SMILES string of the molecule is CCCOc1ccc([C@H]2C(=C(O)c3ccc(Cl)cc3)C(=O)C(=O)N2CCCn2ccnc2)cc1. The Morgan fingerprint density at radius 2 is 1.82 bits per heavy atom. The highest BCUT2D eigenvalue weighted by Gasteiger charge is 2.45. The van der Waals surface area contributed by atoms with Crippen LogP contribution in [0.25, 0.3) is 5.76 Å². The molecule has 1 amide bonds. The predicted molar refractivity (Wildman–Crippen MR) is 130 cm³/mol. The van der Waals surface area contributed by atoms with Crippen molar-refractivity contribution in [1.82, 2.24) is 14.5 Å². The van der Waals surface area contributed by atoms with Crippen LogP contribution in [0.3, 0.4) is 0 Å². The number of nitrogens with zero attached hydrogens (tertiary/aromatic N) is 3. The second kappa shape index (κ2) is 10.6. The zero-order valence-electron chi connectivity index (χ0n) is 18.9. The predicted octanol–water partition coefficient (Wildman–Crippen LogP) is 4.84. The third-order valence-electron chi connectivity index (χ3n) is 5.70. The van der Waals surface area contributed by atoms with E-state index >= 15 is 0 Å². The number of benzene rings is 2. The Kier molecular flexibility index (Phi) is 7.33. The second-order valence-electron chi connectivity index (χ2n) is 8.07. The molecule has 7 nitrogen and oxygen atoms in total. The van der Waals surface area contributed by atoms with Crippen LogP contribution in [0.4, 0.5) is 0 Å². The maximum Gasteiger partial charge on any atom is 0.295 e.